The minimum Gasteiger partial charge on any atom is -0.497 e. The lowest BCUT2D eigenvalue weighted by molar-refractivity contribution is 0.401. The molecule has 0 aliphatic rings. The topological polar surface area (TPSA) is 24.5 Å². The first-order valence-electron chi connectivity index (χ1n) is 5.71. The van der Waals surface area contributed by atoms with Crippen LogP contribution in [0, 0.1) is 0 Å². The highest BCUT2D eigenvalue weighted by atomic mass is 16.5. The predicted molar refractivity (Wildman–Crippen MR) is 68.1 cm³/mol. The molecule has 90 valence electrons. The van der Waals surface area contributed by atoms with Crippen LogP contribution in [-0.4, -0.2) is 45.7 Å². The number of nitrogens with zero attached hydrogens (tertiary/aromatic N) is 1. The Hall–Kier alpha value is -1.06. The van der Waals surface area contributed by atoms with E-state index < -0.39 is 0 Å². The Kier molecular flexibility index (Phi) is 5.90. The van der Waals surface area contributed by atoms with E-state index in [0.29, 0.717) is 0 Å². The Labute approximate surface area is 98.4 Å². The van der Waals surface area contributed by atoms with Crippen molar-refractivity contribution in [3.05, 3.63) is 29.8 Å². The summed E-state index contributed by atoms with van der Waals surface area (Å²) < 4.78 is 5.12. The summed E-state index contributed by atoms with van der Waals surface area (Å²) >= 11 is 0. The first kappa shape index (κ1) is 13.0. The Morgan fingerprint density at radius 2 is 1.81 bits per heavy atom. The van der Waals surface area contributed by atoms with Gasteiger partial charge in [-0.1, -0.05) is 12.1 Å². The summed E-state index contributed by atoms with van der Waals surface area (Å²) in [4.78, 5) is 2.18. The molecule has 0 aliphatic carbocycles. The van der Waals surface area contributed by atoms with Crippen LogP contribution in [0.2, 0.25) is 0 Å². The minimum absolute atomic E-state index is 0.921. The van der Waals surface area contributed by atoms with Gasteiger partial charge in [0.1, 0.15) is 5.75 Å². The van der Waals surface area contributed by atoms with Crippen molar-refractivity contribution >= 4 is 0 Å². The van der Waals surface area contributed by atoms with E-state index in [2.05, 4.69) is 36.4 Å². The standard InChI is InChI=1S/C13H22N2O/c1-15(2)11-10-14-9-8-12-4-6-13(16-3)7-5-12/h4-7,14H,8-11H2,1-3H3. The monoisotopic (exact) mass is 222 g/mol. The van der Waals surface area contributed by atoms with Gasteiger partial charge in [-0.2, -0.15) is 0 Å². The second-order valence-electron chi connectivity index (χ2n) is 4.15. The van der Waals surface area contributed by atoms with Gasteiger partial charge in [0, 0.05) is 13.1 Å². The van der Waals surface area contributed by atoms with Crippen molar-refractivity contribution in [2.24, 2.45) is 0 Å². The molecule has 0 fully saturated rings. The summed E-state index contributed by atoms with van der Waals surface area (Å²) in [6.07, 6.45) is 1.07. The number of nitrogens with one attached hydrogen (secondary N) is 1. The maximum Gasteiger partial charge on any atom is 0.118 e. The molecular formula is C13H22N2O. The lowest BCUT2D eigenvalue weighted by Crippen LogP contribution is -2.27. The fraction of sp³-hybridized carbons (Fsp3) is 0.538. The lowest BCUT2D eigenvalue weighted by atomic mass is 10.1. The fourth-order valence-corrected chi connectivity index (χ4v) is 1.45. The molecule has 0 heterocycles. The van der Waals surface area contributed by atoms with E-state index in [0.717, 1.165) is 31.8 Å². The normalized spacial score (nSPS) is 10.8. The number of ether oxygens (including phenoxy) is 1. The average molecular weight is 222 g/mol. The molecule has 0 bridgehead atoms. The van der Waals surface area contributed by atoms with Crippen molar-refractivity contribution in [2.45, 2.75) is 6.42 Å². The Morgan fingerprint density at radius 3 is 2.38 bits per heavy atom. The van der Waals surface area contributed by atoms with E-state index in [1.165, 1.54) is 5.56 Å². The molecule has 3 nitrogen and oxygen atoms in total. The largest absolute Gasteiger partial charge is 0.497 e. The first-order valence-corrected chi connectivity index (χ1v) is 5.71. The van der Waals surface area contributed by atoms with Gasteiger partial charge in [0.05, 0.1) is 7.11 Å². The van der Waals surface area contributed by atoms with Crippen LogP contribution in [0.15, 0.2) is 24.3 Å². The highest BCUT2D eigenvalue weighted by Crippen LogP contribution is 2.11. The van der Waals surface area contributed by atoms with Gasteiger partial charge >= 0.3 is 0 Å². The zero-order chi connectivity index (χ0) is 11.8. The third kappa shape index (κ3) is 5.14. The number of benzene rings is 1. The second kappa shape index (κ2) is 7.25. The van der Waals surface area contributed by atoms with Crippen LogP contribution in [0.1, 0.15) is 5.56 Å². The number of hydrogen-bond acceptors (Lipinski definition) is 3. The molecule has 1 aromatic rings. The van der Waals surface area contributed by atoms with Crippen molar-refractivity contribution in [2.75, 3.05) is 40.8 Å². The van der Waals surface area contributed by atoms with Crippen LogP contribution >= 0.6 is 0 Å². The molecule has 0 unspecified atom stereocenters. The molecule has 3 heteroatoms. The zero-order valence-electron chi connectivity index (χ0n) is 10.5. The van der Waals surface area contributed by atoms with Gasteiger partial charge in [-0.05, 0) is 44.8 Å². The van der Waals surface area contributed by atoms with Crippen LogP contribution in [0.5, 0.6) is 5.75 Å². The fourth-order valence-electron chi connectivity index (χ4n) is 1.45. The van der Waals surface area contributed by atoms with Crippen molar-refractivity contribution in [1.82, 2.24) is 10.2 Å². The lowest BCUT2D eigenvalue weighted by Gasteiger charge is -2.10. The van der Waals surface area contributed by atoms with Gasteiger partial charge in [-0.15, -0.1) is 0 Å². The van der Waals surface area contributed by atoms with Gasteiger partial charge in [-0.25, -0.2) is 0 Å². The summed E-state index contributed by atoms with van der Waals surface area (Å²) in [5.74, 6) is 0.921. The van der Waals surface area contributed by atoms with Gasteiger partial charge in [0.15, 0.2) is 0 Å². The number of methoxy groups -OCH3 is 1. The summed E-state index contributed by atoms with van der Waals surface area (Å²) in [5, 5.41) is 3.42. The molecule has 0 aromatic heterocycles. The average Bonchev–Trinajstić information content (AvgIpc) is 2.29. The molecule has 0 saturated heterocycles. The van der Waals surface area contributed by atoms with Crippen LogP contribution in [0.25, 0.3) is 0 Å². The van der Waals surface area contributed by atoms with Gasteiger partial charge in [0.25, 0.3) is 0 Å². The van der Waals surface area contributed by atoms with Crippen LogP contribution in [0.4, 0.5) is 0 Å². The van der Waals surface area contributed by atoms with E-state index >= 15 is 0 Å². The molecule has 1 N–H and O–H groups in total. The molecule has 16 heavy (non-hydrogen) atoms. The predicted octanol–water partition coefficient (Wildman–Crippen LogP) is 1.39. The first-order chi connectivity index (χ1) is 7.72. The van der Waals surface area contributed by atoms with Gasteiger partial charge < -0.3 is 15.0 Å². The highest BCUT2D eigenvalue weighted by molar-refractivity contribution is 5.27. The van der Waals surface area contributed by atoms with Crippen molar-refractivity contribution in [3.63, 3.8) is 0 Å². The molecule has 0 saturated carbocycles. The van der Waals surface area contributed by atoms with E-state index in [9.17, 15) is 0 Å². The third-order valence-electron chi connectivity index (χ3n) is 2.49. The summed E-state index contributed by atoms with van der Waals surface area (Å²) in [7, 11) is 5.87. The number of hydrogen-bond donors (Lipinski definition) is 1. The molecule has 0 atom stereocenters. The van der Waals surface area contributed by atoms with Crippen molar-refractivity contribution in [3.8, 4) is 5.75 Å². The molecule has 1 aromatic carbocycles. The van der Waals surface area contributed by atoms with Gasteiger partial charge in [0.2, 0.25) is 0 Å². The third-order valence-corrected chi connectivity index (χ3v) is 2.49. The van der Waals surface area contributed by atoms with Crippen LogP contribution in [0.3, 0.4) is 0 Å². The van der Waals surface area contributed by atoms with E-state index in [1.807, 2.05) is 12.1 Å². The summed E-state index contributed by atoms with van der Waals surface area (Å²) in [6.45, 7) is 3.16. The molecule has 0 spiro atoms. The molecule has 0 amide bonds. The summed E-state index contributed by atoms with van der Waals surface area (Å²) in [6, 6.07) is 8.25. The number of rotatable bonds is 7. The zero-order valence-corrected chi connectivity index (χ0v) is 10.5. The van der Waals surface area contributed by atoms with Crippen LogP contribution < -0.4 is 10.1 Å². The molecular weight excluding hydrogens is 200 g/mol. The van der Waals surface area contributed by atoms with Gasteiger partial charge in [-0.3, -0.25) is 0 Å². The van der Waals surface area contributed by atoms with Crippen molar-refractivity contribution < 1.29 is 4.74 Å². The van der Waals surface area contributed by atoms with Crippen molar-refractivity contribution in [1.29, 1.82) is 0 Å². The van der Waals surface area contributed by atoms with E-state index in [4.69, 9.17) is 4.74 Å². The Bertz CT molecular complexity index is 282. The minimum atomic E-state index is 0.921. The molecule has 1 rings (SSSR count). The highest BCUT2D eigenvalue weighted by Gasteiger charge is 1.95. The Morgan fingerprint density at radius 1 is 1.12 bits per heavy atom. The second-order valence-corrected chi connectivity index (χ2v) is 4.15. The maximum absolute atomic E-state index is 5.12. The summed E-state index contributed by atoms with van der Waals surface area (Å²) in [5.41, 5.74) is 1.35. The number of likely N-dealkylation sites (N-methyl/N-ethyl adjacent to an activating group) is 1. The Balaban J connectivity index is 2.16. The van der Waals surface area contributed by atoms with E-state index in [-0.39, 0.29) is 0 Å². The molecule has 0 radical (unpaired) electrons. The maximum atomic E-state index is 5.12. The SMILES string of the molecule is COc1ccc(CCNCCN(C)C)cc1. The van der Waals surface area contributed by atoms with E-state index in [1.54, 1.807) is 7.11 Å². The van der Waals surface area contributed by atoms with Crippen LogP contribution in [-0.2, 0) is 6.42 Å². The molecule has 0 aliphatic heterocycles. The smallest absolute Gasteiger partial charge is 0.118 e. The quantitative estimate of drug-likeness (QED) is 0.706.